The first-order valence-corrected chi connectivity index (χ1v) is 11.0. The number of rotatable bonds is 4. The second-order valence-corrected chi connectivity index (χ2v) is 8.89. The lowest BCUT2D eigenvalue weighted by Crippen LogP contribution is -2.15. The molecule has 0 unspecified atom stereocenters. The van der Waals surface area contributed by atoms with E-state index < -0.39 is 10.0 Å². The molecule has 0 saturated heterocycles. The Morgan fingerprint density at radius 3 is 2.69 bits per heavy atom. The number of benzene rings is 1. The van der Waals surface area contributed by atoms with Gasteiger partial charge in [-0.25, -0.2) is 18.1 Å². The fourth-order valence-electron chi connectivity index (χ4n) is 3.86. The molecule has 0 aliphatic heterocycles. The van der Waals surface area contributed by atoms with Crippen LogP contribution in [0.5, 0.6) is 0 Å². The highest BCUT2D eigenvalue weighted by Gasteiger charge is 2.20. The molecular formula is C20H20N6O2S. The van der Waals surface area contributed by atoms with Crippen LogP contribution < -0.4 is 4.72 Å². The van der Waals surface area contributed by atoms with Crippen LogP contribution in [-0.2, 0) is 29.9 Å². The summed E-state index contributed by atoms with van der Waals surface area (Å²) in [6.45, 7) is 0. The molecule has 0 saturated carbocycles. The van der Waals surface area contributed by atoms with E-state index >= 15 is 0 Å². The molecule has 9 heteroatoms. The van der Waals surface area contributed by atoms with Crippen LogP contribution in [0, 0.1) is 0 Å². The van der Waals surface area contributed by atoms with Crippen molar-refractivity contribution in [2.24, 2.45) is 7.05 Å². The average molecular weight is 408 g/mol. The fraction of sp³-hybridized carbons (Fsp3) is 0.250. The van der Waals surface area contributed by atoms with Gasteiger partial charge in [0.05, 0.1) is 23.6 Å². The Bertz CT molecular complexity index is 1300. The zero-order chi connectivity index (χ0) is 20.0. The first-order valence-electron chi connectivity index (χ1n) is 9.49. The van der Waals surface area contributed by atoms with Gasteiger partial charge < -0.3 is 0 Å². The molecule has 3 heterocycles. The molecule has 1 aromatic carbocycles. The summed E-state index contributed by atoms with van der Waals surface area (Å²) in [7, 11) is -2.01. The number of anilines is 1. The molecule has 0 fully saturated rings. The van der Waals surface area contributed by atoms with Crippen molar-refractivity contribution in [2.45, 2.75) is 30.6 Å². The van der Waals surface area contributed by atoms with Crippen LogP contribution in [0.2, 0.25) is 0 Å². The van der Waals surface area contributed by atoms with E-state index in [-0.39, 0.29) is 4.90 Å². The molecule has 4 aromatic rings. The van der Waals surface area contributed by atoms with Crippen molar-refractivity contribution in [3.05, 3.63) is 60.2 Å². The largest absolute Gasteiger partial charge is 0.277 e. The number of pyridine rings is 1. The molecule has 3 aromatic heterocycles. The standard InChI is InChI=1S/C20H20N6O2S/c1-25-20-15(12-22-25)6-4-7-17(20)24-29(27,28)16-9-10-19(21-13-16)26-18-8-3-2-5-14(18)11-23-26/h4,6-7,9-13,24H,2-3,5,8H2,1H3. The first kappa shape index (κ1) is 17.9. The van der Waals surface area contributed by atoms with Gasteiger partial charge in [0, 0.05) is 24.3 Å². The molecule has 0 radical (unpaired) electrons. The highest BCUT2D eigenvalue weighted by molar-refractivity contribution is 7.92. The SMILES string of the molecule is Cn1ncc2cccc(NS(=O)(=O)c3ccc(-n4ncc5c4CCCC5)nc3)c21. The average Bonchev–Trinajstić information content (AvgIpc) is 3.32. The lowest BCUT2D eigenvalue weighted by atomic mass is 9.98. The number of hydrogen-bond acceptors (Lipinski definition) is 5. The molecule has 0 amide bonds. The van der Waals surface area contributed by atoms with Crippen molar-refractivity contribution in [3.8, 4) is 5.82 Å². The Hall–Kier alpha value is -3.20. The Morgan fingerprint density at radius 1 is 1.00 bits per heavy atom. The third-order valence-electron chi connectivity index (χ3n) is 5.32. The fourth-order valence-corrected chi connectivity index (χ4v) is 4.88. The summed E-state index contributed by atoms with van der Waals surface area (Å²) in [4.78, 5) is 4.47. The minimum absolute atomic E-state index is 0.0986. The molecule has 8 nitrogen and oxygen atoms in total. The molecule has 0 atom stereocenters. The lowest BCUT2D eigenvalue weighted by Gasteiger charge is -2.14. The predicted octanol–water partition coefficient (Wildman–Crippen LogP) is 2.83. The quantitative estimate of drug-likeness (QED) is 0.560. The number of sulfonamides is 1. The van der Waals surface area contributed by atoms with Crippen LogP contribution in [-0.4, -0.2) is 33.0 Å². The van der Waals surface area contributed by atoms with E-state index in [4.69, 9.17) is 0 Å². The van der Waals surface area contributed by atoms with Crippen LogP contribution in [0.1, 0.15) is 24.1 Å². The minimum Gasteiger partial charge on any atom is -0.277 e. The van der Waals surface area contributed by atoms with E-state index in [1.54, 1.807) is 42.2 Å². The second-order valence-electron chi connectivity index (χ2n) is 7.20. The molecule has 0 bridgehead atoms. The summed E-state index contributed by atoms with van der Waals surface area (Å²) < 4.78 is 31.9. The van der Waals surface area contributed by atoms with Crippen molar-refractivity contribution >= 4 is 26.6 Å². The van der Waals surface area contributed by atoms with Crippen LogP contribution in [0.25, 0.3) is 16.7 Å². The molecule has 148 valence electrons. The van der Waals surface area contributed by atoms with E-state index in [1.807, 2.05) is 16.9 Å². The van der Waals surface area contributed by atoms with Crippen LogP contribution in [0.3, 0.4) is 0 Å². The predicted molar refractivity (Wildman–Crippen MR) is 110 cm³/mol. The number of para-hydroxylation sites is 1. The van der Waals surface area contributed by atoms with Crippen LogP contribution in [0.4, 0.5) is 5.69 Å². The zero-order valence-electron chi connectivity index (χ0n) is 15.9. The Balaban J connectivity index is 1.46. The maximum Gasteiger partial charge on any atom is 0.263 e. The summed E-state index contributed by atoms with van der Waals surface area (Å²) in [5.41, 5.74) is 3.62. The zero-order valence-corrected chi connectivity index (χ0v) is 16.7. The van der Waals surface area contributed by atoms with Gasteiger partial charge in [-0.05, 0) is 49.4 Å². The minimum atomic E-state index is -3.79. The van der Waals surface area contributed by atoms with E-state index in [1.165, 1.54) is 23.9 Å². The number of nitrogens with one attached hydrogen (secondary N) is 1. The number of nitrogens with zero attached hydrogens (tertiary/aromatic N) is 5. The van der Waals surface area contributed by atoms with Gasteiger partial charge in [0.15, 0.2) is 5.82 Å². The van der Waals surface area contributed by atoms with Gasteiger partial charge in [-0.3, -0.25) is 9.40 Å². The normalized spacial score (nSPS) is 14.1. The molecule has 29 heavy (non-hydrogen) atoms. The monoisotopic (exact) mass is 408 g/mol. The van der Waals surface area contributed by atoms with Crippen molar-refractivity contribution in [2.75, 3.05) is 4.72 Å². The Kier molecular flexibility index (Phi) is 4.13. The van der Waals surface area contributed by atoms with Crippen molar-refractivity contribution in [1.29, 1.82) is 0 Å². The molecule has 1 N–H and O–H groups in total. The maximum absolute atomic E-state index is 12.9. The summed E-state index contributed by atoms with van der Waals surface area (Å²) in [6.07, 6.45) is 9.27. The van der Waals surface area contributed by atoms with E-state index in [0.717, 1.165) is 30.2 Å². The highest BCUT2D eigenvalue weighted by Crippen LogP contribution is 2.26. The summed E-state index contributed by atoms with van der Waals surface area (Å²) >= 11 is 0. The van der Waals surface area contributed by atoms with Crippen molar-refractivity contribution in [1.82, 2.24) is 24.5 Å². The number of aryl methyl sites for hydroxylation is 2. The number of fused-ring (bicyclic) bond motifs is 2. The molecule has 1 aliphatic carbocycles. The molecule has 1 aliphatic rings. The van der Waals surface area contributed by atoms with Gasteiger partial charge in [-0.2, -0.15) is 10.2 Å². The summed E-state index contributed by atoms with van der Waals surface area (Å²) in [6, 6.07) is 8.66. The first-order chi connectivity index (χ1) is 14.0. The molecule has 0 spiro atoms. The topological polar surface area (TPSA) is 94.7 Å². The van der Waals surface area contributed by atoms with Crippen LogP contribution >= 0.6 is 0 Å². The third-order valence-corrected chi connectivity index (χ3v) is 6.67. The molecular weight excluding hydrogens is 388 g/mol. The number of aromatic nitrogens is 5. The van der Waals surface area contributed by atoms with Crippen LogP contribution in [0.15, 0.2) is 53.8 Å². The van der Waals surface area contributed by atoms with Gasteiger partial charge in [0.2, 0.25) is 0 Å². The van der Waals surface area contributed by atoms with Crippen molar-refractivity contribution in [3.63, 3.8) is 0 Å². The maximum atomic E-state index is 12.9. The lowest BCUT2D eigenvalue weighted by molar-refractivity contribution is 0.600. The highest BCUT2D eigenvalue weighted by atomic mass is 32.2. The van der Waals surface area contributed by atoms with Gasteiger partial charge in [-0.15, -0.1) is 0 Å². The summed E-state index contributed by atoms with van der Waals surface area (Å²) in [5, 5.41) is 9.50. The smallest absolute Gasteiger partial charge is 0.263 e. The molecule has 5 rings (SSSR count). The van der Waals surface area contributed by atoms with Gasteiger partial charge in [-0.1, -0.05) is 12.1 Å². The Morgan fingerprint density at radius 2 is 1.86 bits per heavy atom. The second kappa shape index (κ2) is 6.70. The van der Waals surface area contributed by atoms with Gasteiger partial charge >= 0.3 is 0 Å². The van der Waals surface area contributed by atoms with E-state index in [2.05, 4.69) is 19.9 Å². The van der Waals surface area contributed by atoms with Gasteiger partial charge in [0.25, 0.3) is 10.0 Å². The van der Waals surface area contributed by atoms with Gasteiger partial charge in [0.1, 0.15) is 4.90 Å². The van der Waals surface area contributed by atoms with Crippen molar-refractivity contribution < 1.29 is 8.42 Å². The van der Waals surface area contributed by atoms with E-state index in [9.17, 15) is 8.42 Å². The summed E-state index contributed by atoms with van der Waals surface area (Å²) in [5.74, 6) is 0.626. The Labute approximate surface area is 168 Å². The number of hydrogen-bond donors (Lipinski definition) is 1. The third kappa shape index (κ3) is 3.07. The van der Waals surface area contributed by atoms with E-state index in [0.29, 0.717) is 11.5 Å².